The molecule has 0 aliphatic carbocycles. The SMILES string of the molecule is [2H]c1c([2H])c([2H])c(-c2nc(-c3c([2H])c([2H])c([2H])c([2H])c3[2H])nc(-c3c([2H])c([2H])c4c(sc5c([2H])c(-c6c([2H])c([2H])c7c(oc8c([2H])c(-n9c%10c([2H])c([2H])c([2H])c([2H])c%10c%10c([2H])c([2H])c([2H])c([2H])c%109)c([2H])c([2H])c87)c6[2H])c([2H])c([2H])c54)c3[2H])n2)c([2H])c1[2H]. The largest absolute Gasteiger partial charge is 0.456 e. The summed E-state index contributed by atoms with van der Waals surface area (Å²) >= 11 is 0.564. The molecule has 57 heavy (non-hydrogen) atoms. The maximum atomic E-state index is 9.61. The topological polar surface area (TPSA) is 56.7 Å². The molecule has 4 heterocycles. The third kappa shape index (κ3) is 5.19. The Morgan fingerprint density at radius 2 is 0.842 bits per heavy atom. The number of furan rings is 1. The second kappa shape index (κ2) is 12.6. The minimum atomic E-state index is -0.884. The number of rotatable bonds is 5. The second-order valence-corrected chi connectivity index (χ2v) is 13.1. The van der Waals surface area contributed by atoms with E-state index in [1.807, 2.05) is 0 Å². The van der Waals surface area contributed by atoms with E-state index in [4.69, 9.17) is 29.1 Å². The Kier molecular flexibility index (Phi) is 3.14. The summed E-state index contributed by atoms with van der Waals surface area (Å²) in [7, 11) is 0. The van der Waals surface area contributed by atoms with Crippen molar-refractivity contribution in [1.82, 2.24) is 19.5 Å². The molecule has 0 aliphatic rings. The van der Waals surface area contributed by atoms with Crippen LogP contribution in [0.4, 0.5) is 0 Å². The van der Waals surface area contributed by atoms with Crippen LogP contribution in [0.25, 0.3) is 115 Å². The maximum Gasteiger partial charge on any atom is 0.164 e. The van der Waals surface area contributed by atoms with Gasteiger partial charge >= 0.3 is 0 Å². The van der Waals surface area contributed by atoms with Crippen LogP contribution in [-0.4, -0.2) is 19.5 Å². The summed E-state index contributed by atoms with van der Waals surface area (Å²) in [6, 6.07) is -24.3. The molecule has 0 N–H and O–H groups in total. The van der Waals surface area contributed by atoms with Crippen LogP contribution in [-0.2, 0) is 0 Å². The lowest BCUT2D eigenvalue weighted by atomic mass is 10.0. The molecule has 12 aromatic rings. The van der Waals surface area contributed by atoms with Crippen molar-refractivity contribution in [2.75, 3.05) is 0 Å². The van der Waals surface area contributed by atoms with Crippen molar-refractivity contribution < 1.29 is 45.5 Å². The number of benzene rings is 8. The number of aromatic nitrogens is 4. The Labute approximate surface area is 372 Å². The lowest BCUT2D eigenvalue weighted by Crippen LogP contribution is -1.99. The van der Waals surface area contributed by atoms with Crippen LogP contribution in [0, 0.1) is 0 Å². The van der Waals surface area contributed by atoms with Gasteiger partial charge in [-0.25, -0.2) is 15.0 Å². The molecule has 0 amide bonds. The standard InChI is InChI=1S/C51H30N4OS/c1-3-11-31(12-4-1)49-52-50(32-13-5-2-6-14-32)54-51(53-49)35-21-25-42-41-24-20-34(28-47(41)57-48(42)29-35)33-19-23-39-40-26-22-36(30-46(40)56-45(39)27-33)55-43-17-9-7-15-37(43)38-16-8-10-18-44(38)55/h1-30H/i1D,2D,3D,4D,5D,6D,7D,8D,9D,10D,11D,12D,13D,14D,15D,16D,17D,18D,19D,20D,21D,22D,23D,24D,25D,26D,27D,28D,29D,30D. The molecular weight excluding hydrogens is 717 g/mol. The number of hydrogen-bond donors (Lipinski definition) is 0. The van der Waals surface area contributed by atoms with E-state index in [9.17, 15) is 16.4 Å². The van der Waals surface area contributed by atoms with Crippen molar-refractivity contribution >= 4 is 75.3 Å². The Hall–Kier alpha value is -7.41. The zero-order valence-corrected chi connectivity index (χ0v) is 28.9. The van der Waals surface area contributed by atoms with Crippen LogP contribution < -0.4 is 0 Å². The molecule has 8 aromatic carbocycles. The zero-order chi connectivity index (χ0) is 63.6. The molecule has 0 spiro atoms. The highest BCUT2D eigenvalue weighted by Crippen LogP contribution is 2.40. The van der Waals surface area contributed by atoms with Gasteiger partial charge in [-0.2, -0.15) is 0 Å². The molecule has 0 radical (unpaired) electrons. The van der Waals surface area contributed by atoms with Crippen molar-refractivity contribution in [3.63, 3.8) is 0 Å². The van der Waals surface area contributed by atoms with Gasteiger partial charge in [-0.3, -0.25) is 0 Å². The Morgan fingerprint density at radius 3 is 1.46 bits per heavy atom. The monoisotopic (exact) mass is 776 g/mol. The zero-order valence-electron chi connectivity index (χ0n) is 58.1. The number of nitrogens with zero attached hydrogens (tertiary/aromatic N) is 4. The molecule has 0 saturated heterocycles. The molecular formula is C51H30N4OS. The Bertz CT molecular complexity index is 5080. The fourth-order valence-corrected chi connectivity index (χ4v) is 7.33. The van der Waals surface area contributed by atoms with E-state index >= 15 is 0 Å². The van der Waals surface area contributed by atoms with Crippen molar-refractivity contribution in [3.8, 4) is 51.0 Å². The highest BCUT2D eigenvalue weighted by Gasteiger charge is 2.17. The molecule has 266 valence electrons. The van der Waals surface area contributed by atoms with Crippen molar-refractivity contribution in [1.29, 1.82) is 0 Å². The molecule has 0 atom stereocenters. The molecule has 0 aliphatic heterocycles. The first-order chi connectivity index (χ1) is 40.7. The molecule has 12 rings (SSSR count). The first-order valence-corrected chi connectivity index (χ1v) is 17.4. The van der Waals surface area contributed by atoms with Gasteiger partial charge in [0.05, 0.1) is 52.2 Å². The van der Waals surface area contributed by atoms with Crippen LogP contribution >= 0.6 is 11.3 Å². The minimum Gasteiger partial charge on any atom is -0.456 e. The predicted molar refractivity (Wildman–Crippen MR) is 236 cm³/mol. The summed E-state index contributed by atoms with van der Waals surface area (Å²) in [4.78, 5) is 12.8. The van der Waals surface area contributed by atoms with E-state index in [0.29, 0.717) is 11.3 Å². The van der Waals surface area contributed by atoms with E-state index < -0.39 is 276 Å². The molecule has 0 unspecified atom stereocenters. The summed E-state index contributed by atoms with van der Waals surface area (Å²) in [6.07, 6.45) is 0. The summed E-state index contributed by atoms with van der Waals surface area (Å²) in [5.74, 6) is -2.21. The van der Waals surface area contributed by atoms with E-state index in [-0.39, 0.29) is 20.2 Å². The highest BCUT2D eigenvalue weighted by atomic mass is 32.1. The summed E-state index contributed by atoms with van der Waals surface area (Å²) in [5, 5.41) is -2.41. The third-order valence-electron chi connectivity index (χ3n) is 8.82. The molecule has 0 fully saturated rings. The van der Waals surface area contributed by atoms with Crippen molar-refractivity contribution in [3.05, 3.63) is 181 Å². The fourth-order valence-electron chi connectivity index (χ4n) is 6.31. The van der Waals surface area contributed by atoms with Gasteiger partial charge in [0.25, 0.3) is 0 Å². The van der Waals surface area contributed by atoms with E-state index in [0.717, 1.165) is 4.57 Å². The summed E-state index contributed by atoms with van der Waals surface area (Å²) in [5.41, 5.74) is -6.20. The number of para-hydroxylation sites is 2. The maximum absolute atomic E-state index is 9.61. The smallest absolute Gasteiger partial charge is 0.164 e. The quantitative estimate of drug-likeness (QED) is 0.175. The van der Waals surface area contributed by atoms with Crippen LogP contribution in [0.2, 0.25) is 0 Å². The van der Waals surface area contributed by atoms with E-state index in [1.54, 1.807) is 0 Å². The lowest BCUT2D eigenvalue weighted by molar-refractivity contribution is 0.669. The van der Waals surface area contributed by atoms with Crippen LogP contribution in [0.5, 0.6) is 0 Å². The van der Waals surface area contributed by atoms with E-state index in [1.165, 1.54) is 0 Å². The Balaban J connectivity index is 1.11. The second-order valence-electron chi connectivity index (χ2n) is 12.1. The predicted octanol–water partition coefficient (Wildman–Crippen LogP) is 13.9. The first-order valence-electron chi connectivity index (χ1n) is 31.6. The van der Waals surface area contributed by atoms with Gasteiger partial charge in [-0.1, -0.05) is 127 Å². The van der Waals surface area contributed by atoms with Crippen LogP contribution in [0.3, 0.4) is 0 Å². The number of hydrogen-bond acceptors (Lipinski definition) is 5. The van der Waals surface area contributed by atoms with Gasteiger partial charge in [0.2, 0.25) is 0 Å². The number of thiophene rings is 1. The number of fused-ring (bicyclic) bond motifs is 9. The van der Waals surface area contributed by atoms with Gasteiger partial charge in [0.15, 0.2) is 17.5 Å². The summed E-state index contributed by atoms with van der Waals surface area (Å²) in [6.45, 7) is 0. The van der Waals surface area contributed by atoms with Crippen molar-refractivity contribution in [2.24, 2.45) is 0 Å². The van der Waals surface area contributed by atoms with Gasteiger partial charge < -0.3 is 8.98 Å². The lowest BCUT2D eigenvalue weighted by Gasteiger charge is -2.08. The normalized spacial score (nSPS) is 19.2. The summed E-state index contributed by atoms with van der Waals surface area (Å²) < 4.78 is 273. The van der Waals surface area contributed by atoms with Gasteiger partial charge in [0.1, 0.15) is 11.2 Å². The highest BCUT2D eigenvalue weighted by molar-refractivity contribution is 7.25. The van der Waals surface area contributed by atoms with Crippen LogP contribution in [0.1, 0.15) is 41.1 Å². The minimum absolute atomic E-state index is 0.262. The average Bonchev–Trinajstić information content (AvgIpc) is 1.60. The average molecular weight is 777 g/mol. The van der Waals surface area contributed by atoms with Gasteiger partial charge in [-0.15, -0.1) is 11.3 Å². The third-order valence-corrected chi connectivity index (χ3v) is 9.84. The first kappa shape index (κ1) is 14.3. The van der Waals surface area contributed by atoms with Crippen molar-refractivity contribution in [2.45, 2.75) is 0 Å². The molecule has 4 aromatic heterocycles. The molecule has 5 nitrogen and oxygen atoms in total. The van der Waals surface area contributed by atoms with Gasteiger partial charge in [0, 0.05) is 70.1 Å². The van der Waals surface area contributed by atoms with Gasteiger partial charge in [-0.05, 0) is 59.5 Å². The molecule has 0 bridgehead atoms. The molecule has 0 saturated carbocycles. The molecule has 6 heteroatoms. The fraction of sp³-hybridized carbons (Fsp3) is 0. The van der Waals surface area contributed by atoms with E-state index in [2.05, 4.69) is 15.0 Å². The van der Waals surface area contributed by atoms with Crippen LogP contribution in [0.15, 0.2) is 186 Å². The Morgan fingerprint density at radius 1 is 0.386 bits per heavy atom.